The van der Waals surface area contributed by atoms with Gasteiger partial charge in [0.05, 0.1) is 0 Å². The molecule has 1 heterocycles. The molecule has 3 unspecified atom stereocenters. The summed E-state index contributed by atoms with van der Waals surface area (Å²) in [5.41, 5.74) is 0. The van der Waals surface area contributed by atoms with Crippen molar-refractivity contribution in [2.24, 2.45) is 0 Å². The third kappa shape index (κ3) is 5.41. The second-order valence-electron chi connectivity index (χ2n) is 4.94. The van der Waals surface area contributed by atoms with Crippen LogP contribution in [0.5, 0.6) is 0 Å². The Hall–Kier alpha value is 0.0700. The van der Waals surface area contributed by atoms with Crippen LogP contribution in [0.3, 0.4) is 0 Å². The lowest BCUT2D eigenvalue weighted by Crippen LogP contribution is -2.39. The Morgan fingerprint density at radius 3 is 2.94 bits per heavy atom. The Kier molecular flexibility index (Phi) is 6.54. The first kappa shape index (κ1) is 14.1. The maximum atomic E-state index is 11.3. The van der Waals surface area contributed by atoms with Gasteiger partial charge in [-0.15, -0.1) is 0 Å². The number of hydrogen-bond donors (Lipinski definition) is 1. The van der Waals surface area contributed by atoms with Crippen molar-refractivity contribution >= 4 is 10.8 Å². The summed E-state index contributed by atoms with van der Waals surface area (Å²) >= 11 is 0. The number of nitrogens with zero attached hydrogens (tertiary/aromatic N) is 1. The Morgan fingerprint density at radius 1 is 1.50 bits per heavy atom. The van der Waals surface area contributed by atoms with E-state index in [4.69, 9.17) is 0 Å². The molecule has 1 fully saturated rings. The summed E-state index contributed by atoms with van der Waals surface area (Å²) in [4.78, 5) is 2.53. The van der Waals surface area contributed by atoms with Crippen LogP contribution in [0.15, 0.2) is 0 Å². The fraction of sp³-hybridized carbons (Fsp3) is 1.00. The van der Waals surface area contributed by atoms with Crippen LogP contribution in [0.4, 0.5) is 0 Å². The summed E-state index contributed by atoms with van der Waals surface area (Å²) < 4.78 is 11.3. The molecular formula is C12H26N2OS. The van der Waals surface area contributed by atoms with Gasteiger partial charge >= 0.3 is 0 Å². The van der Waals surface area contributed by atoms with Crippen molar-refractivity contribution in [1.29, 1.82) is 0 Å². The zero-order chi connectivity index (χ0) is 12.0. The SMILES string of the molecule is CC1CCN(CCC(C)S(C)=O)CCCN1. The molecule has 1 saturated heterocycles. The molecule has 1 N–H and O–H groups in total. The molecule has 0 aliphatic carbocycles. The van der Waals surface area contributed by atoms with Gasteiger partial charge in [0.1, 0.15) is 0 Å². The minimum atomic E-state index is -0.668. The summed E-state index contributed by atoms with van der Waals surface area (Å²) in [6.07, 6.45) is 5.33. The van der Waals surface area contributed by atoms with E-state index in [9.17, 15) is 4.21 Å². The molecule has 0 saturated carbocycles. The third-order valence-electron chi connectivity index (χ3n) is 3.44. The standard InChI is InChI=1S/C12H26N2OS/c1-11-5-9-14(8-4-7-13-11)10-6-12(2)16(3)15/h11-13H,4-10H2,1-3H3. The van der Waals surface area contributed by atoms with Gasteiger partial charge in [0.2, 0.25) is 0 Å². The zero-order valence-electron chi connectivity index (χ0n) is 10.9. The fourth-order valence-corrected chi connectivity index (χ4v) is 2.43. The van der Waals surface area contributed by atoms with Gasteiger partial charge in [-0.3, -0.25) is 4.21 Å². The van der Waals surface area contributed by atoms with Crippen LogP contribution in [-0.4, -0.2) is 52.8 Å². The van der Waals surface area contributed by atoms with E-state index in [0.29, 0.717) is 11.3 Å². The molecule has 16 heavy (non-hydrogen) atoms. The van der Waals surface area contributed by atoms with Crippen molar-refractivity contribution in [2.75, 3.05) is 32.4 Å². The Balaban J connectivity index is 2.26. The van der Waals surface area contributed by atoms with E-state index in [0.717, 1.165) is 19.5 Å². The van der Waals surface area contributed by atoms with E-state index < -0.39 is 10.8 Å². The van der Waals surface area contributed by atoms with Crippen molar-refractivity contribution in [2.45, 2.75) is 44.4 Å². The average molecular weight is 246 g/mol. The predicted molar refractivity (Wildman–Crippen MR) is 71.3 cm³/mol. The van der Waals surface area contributed by atoms with Gasteiger partial charge in [-0.2, -0.15) is 0 Å². The fourth-order valence-electron chi connectivity index (χ4n) is 2.00. The first-order chi connectivity index (χ1) is 7.59. The number of rotatable bonds is 4. The van der Waals surface area contributed by atoms with E-state index in [1.54, 1.807) is 0 Å². The molecule has 1 rings (SSSR count). The minimum absolute atomic E-state index is 0.334. The molecule has 0 amide bonds. The summed E-state index contributed by atoms with van der Waals surface area (Å²) in [5, 5.41) is 3.85. The van der Waals surface area contributed by atoms with Crippen LogP contribution in [0, 0.1) is 0 Å². The van der Waals surface area contributed by atoms with Crippen LogP contribution in [0.2, 0.25) is 0 Å². The lowest BCUT2D eigenvalue weighted by atomic mass is 10.1. The van der Waals surface area contributed by atoms with Crippen molar-refractivity contribution in [3.8, 4) is 0 Å². The molecule has 0 aromatic rings. The highest BCUT2D eigenvalue weighted by atomic mass is 32.2. The van der Waals surface area contributed by atoms with Crippen LogP contribution >= 0.6 is 0 Å². The van der Waals surface area contributed by atoms with Gasteiger partial charge in [-0.25, -0.2) is 0 Å². The highest BCUT2D eigenvalue weighted by Gasteiger charge is 2.13. The second-order valence-corrected chi connectivity index (χ2v) is 6.74. The topological polar surface area (TPSA) is 32.3 Å². The normalized spacial score (nSPS) is 28.1. The summed E-state index contributed by atoms with van der Waals surface area (Å²) in [6, 6.07) is 0.639. The van der Waals surface area contributed by atoms with E-state index in [-0.39, 0.29) is 0 Å². The lowest BCUT2D eigenvalue weighted by Gasteiger charge is -2.28. The second kappa shape index (κ2) is 7.41. The molecule has 3 nitrogen and oxygen atoms in total. The molecule has 1 aliphatic heterocycles. The van der Waals surface area contributed by atoms with Crippen LogP contribution in [0.1, 0.15) is 33.1 Å². The van der Waals surface area contributed by atoms with Gasteiger partial charge in [-0.05, 0) is 52.4 Å². The molecular weight excluding hydrogens is 220 g/mol. The zero-order valence-corrected chi connectivity index (χ0v) is 11.7. The summed E-state index contributed by atoms with van der Waals surface area (Å²) in [6.45, 7) is 8.94. The van der Waals surface area contributed by atoms with E-state index in [1.807, 2.05) is 6.26 Å². The lowest BCUT2D eigenvalue weighted by molar-refractivity contribution is 0.234. The van der Waals surface area contributed by atoms with Gasteiger partial charge in [-0.1, -0.05) is 6.92 Å². The Bertz CT molecular complexity index is 223. The van der Waals surface area contributed by atoms with E-state index >= 15 is 0 Å². The van der Waals surface area contributed by atoms with Crippen molar-refractivity contribution in [3.05, 3.63) is 0 Å². The molecule has 4 heteroatoms. The number of hydrogen-bond acceptors (Lipinski definition) is 3. The molecule has 0 bridgehead atoms. The largest absolute Gasteiger partial charge is 0.314 e. The first-order valence-electron chi connectivity index (χ1n) is 6.37. The molecule has 0 aromatic heterocycles. The maximum Gasteiger partial charge on any atom is 0.0329 e. The predicted octanol–water partition coefficient (Wildman–Crippen LogP) is 1.22. The van der Waals surface area contributed by atoms with Crippen molar-refractivity contribution in [3.63, 3.8) is 0 Å². The average Bonchev–Trinajstić information content (AvgIpc) is 2.22. The monoisotopic (exact) mass is 246 g/mol. The molecule has 1 aliphatic rings. The third-order valence-corrected chi connectivity index (χ3v) is 4.81. The maximum absolute atomic E-state index is 11.3. The quantitative estimate of drug-likeness (QED) is 0.809. The highest BCUT2D eigenvalue weighted by Crippen LogP contribution is 2.06. The van der Waals surface area contributed by atoms with Crippen LogP contribution in [0.25, 0.3) is 0 Å². The van der Waals surface area contributed by atoms with Crippen molar-refractivity contribution < 1.29 is 4.21 Å². The van der Waals surface area contributed by atoms with Gasteiger partial charge < -0.3 is 10.2 Å². The van der Waals surface area contributed by atoms with Crippen LogP contribution in [-0.2, 0) is 10.8 Å². The van der Waals surface area contributed by atoms with Crippen molar-refractivity contribution in [1.82, 2.24) is 10.2 Å². The van der Waals surface area contributed by atoms with Gasteiger partial charge in [0.15, 0.2) is 0 Å². The van der Waals surface area contributed by atoms with E-state index in [2.05, 4.69) is 24.1 Å². The minimum Gasteiger partial charge on any atom is -0.314 e. The summed E-state index contributed by atoms with van der Waals surface area (Å²) in [7, 11) is -0.668. The molecule has 3 atom stereocenters. The van der Waals surface area contributed by atoms with Crippen LogP contribution < -0.4 is 5.32 Å². The van der Waals surface area contributed by atoms with Gasteiger partial charge in [0, 0.05) is 28.3 Å². The Morgan fingerprint density at radius 2 is 2.25 bits per heavy atom. The highest BCUT2D eigenvalue weighted by molar-refractivity contribution is 7.84. The smallest absolute Gasteiger partial charge is 0.0329 e. The first-order valence-corrected chi connectivity index (χ1v) is 7.99. The Labute approximate surface area is 102 Å². The molecule has 0 spiro atoms. The molecule has 96 valence electrons. The van der Waals surface area contributed by atoms with E-state index in [1.165, 1.54) is 25.9 Å². The molecule has 0 radical (unpaired) electrons. The summed E-state index contributed by atoms with van der Waals surface area (Å²) in [5.74, 6) is 0. The van der Waals surface area contributed by atoms with Gasteiger partial charge in [0.25, 0.3) is 0 Å². The molecule has 0 aromatic carbocycles. The number of nitrogens with one attached hydrogen (secondary N) is 1.